The van der Waals surface area contributed by atoms with Crippen molar-refractivity contribution < 1.29 is 14.6 Å². The van der Waals surface area contributed by atoms with E-state index in [1.165, 1.54) is 4.63 Å². The van der Waals surface area contributed by atoms with E-state index in [-0.39, 0.29) is 6.42 Å². The number of ether oxygens (including phenoxy) is 1. The highest BCUT2D eigenvalue weighted by Crippen LogP contribution is 2.05. The highest BCUT2D eigenvalue weighted by molar-refractivity contribution is 5.67. The molecule has 19 heavy (non-hydrogen) atoms. The minimum Gasteiger partial charge on any atom is -0.481 e. The van der Waals surface area contributed by atoms with Crippen molar-refractivity contribution in [1.82, 2.24) is 25.3 Å². The average Bonchev–Trinajstić information content (AvgIpc) is 2.83. The van der Waals surface area contributed by atoms with Gasteiger partial charge in [0.05, 0.1) is 12.5 Å². The molecule has 0 aliphatic carbocycles. The highest BCUT2D eigenvalue weighted by atomic mass is 16.5. The summed E-state index contributed by atoms with van der Waals surface area (Å²) in [6.07, 6.45) is -0.470. The van der Waals surface area contributed by atoms with Gasteiger partial charge >= 0.3 is 5.97 Å². The van der Waals surface area contributed by atoms with E-state index in [1.807, 2.05) is 6.92 Å². The SMILES string of the molecule is CCOC(CNc1ccc2nnnn2n1)CC(=O)O. The van der Waals surface area contributed by atoms with Gasteiger partial charge in [-0.25, -0.2) is 0 Å². The molecular weight excluding hydrogens is 252 g/mol. The van der Waals surface area contributed by atoms with Crippen LogP contribution in [0.2, 0.25) is 0 Å². The minimum atomic E-state index is -0.899. The van der Waals surface area contributed by atoms with E-state index in [9.17, 15) is 4.79 Å². The average molecular weight is 266 g/mol. The lowest BCUT2D eigenvalue weighted by Crippen LogP contribution is -2.26. The summed E-state index contributed by atoms with van der Waals surface area (Å²) in [5, 5.41) is 26.8. The molecule has 0 amide bonds. The van der Waals surface area contributed by atoms with Gasteiger partial charge in [-0.3, -0.25) is 4.79 Å². The number of rotatable bonds is 7. The third kappa shape index (κ3) is 3.58. The van der Waals surface area contributed by atoms with Crippen LogP contribution in [0, 0.1) is 0 Å². The smallest absolute Gasteiger partial charge is 0.306 e. The van der Waals surface area contributed by atoms with Gasteiger partial charge in [-0.15, -0.1) is 14.8 Å². The number of nitrogens with zero attached hydrogens (tertiary/aromatic N) is 5. The normalized spacial score (nSPS) is 12.5. The molecule has 0 spiro atoms. The van der Waals surface area contributed by atoms with Crippen LogP contribution in [0.1, 0.15) is 13.3 Å². The third-order valence-electron chi connectivity index (χ3n) is 2.39. The van der Waals surface area contributed by atoms with Crippen LogP contribution in [0.25, 0.3) is 5.65 Å². The van der Waals surface area contributed by atoms with Crippen LogP contribution in [0.5, 0.6) is 0 Å². The maximum absolute atomic E-state index is 10.7. The Morgan fingerprint density at radius 2 is 2.42 bits per heavy atom. The standard InChI is InChI=1S/C10H14N6O3/c1-2-19-7(5-10(17)18)6-11-8-3-4-9-12-14-15-16(9)13-8/h3-4,7H,2,5-6H2,1H3,(H,11,13)(H,17,18). The van der Waals surface area contributed by atoms with E-state index < -0.39 is 12.1 Å². The molecule has 2 aromatic rings. The van der Waals surface area contributed by atoms with E-state index in [0.717, 1.165) is 0 Å². The van der Waals surface area contributed by atoms with Crippen LogP contribution in [0.15, 0.2) is 12.1 Å². The Morgan fingerprint density at radius 1 is 1.58 bits per heavy atom. The first kappa shape index (κ1) is 13.1. The zero-order valence-electron chi connectivity index (χ0n) is 10.4. The Kier molecular flexibility index (Phi) is 4.18. The van der Waals surface area contributed by atoms with Crippen molar-refractivity contribution in [3.63, 3.8) is 0 Å². The maximum atomic E-state index is 10.7. The fourth-order valence-corrected chi connectivity index (χ4v) is 1.58. The van der Waals surface area contributed by atoms with Gasteiger partial charge in [0.1, 0.15) is 5.82 Å². The summed E-state index contributed by atoms with van der Waals surface area (Å²) < 4.78 is 6.62. The lowest BCUT2D eigenvalue weighted by Gasteiger charge is -2.15. The fraction of sp³-hybridized carbons (Fsp3) is 0.500. The predicted octanol–water partition coefficient (Wildman–Crippen LogP) is -0.189. The molecule has 9 heteroatoms. The molecule has 2 aromatic heterocycles. The molecule has 0 saturated heterocycles. The molecule has 9 nitrogen and oxygen atoms in total. The van der Waals surface area contributed by atoms with Crippen molar-refractivity contribution in [3.8, 4) is 0 Å². The van der Waals surface area contributed by atoms with Gasteiger partial charge in [-0.2, -0.15) is 0 Å². The molecule has 102 valence electrons. The van der Waals surface area contributed by atoms with Crippen LogP contribution in [-0.4, -0.2) is 55.6 Å². The van der Waals surface area contributed by atoms with Crippen molar-refractivity contribution in [2.45, 2.75) is 19.4 Å². The van der Waals surface area contributed by atoms with Gasteiger partial charge in [0.2, 0.25) is 0 Å². The summed E-state index contributed by atoms with van der Waals surface area (Å²) >= 11 is 0. The van der Waals surface area contributed by atoms with E-state index in [1.54, 1.807) is 12.1 Å². The monoisotopic (exact) mass is 266 g/mol. The van der Waals surface area contributed by atoms with Crippen LogP contribution in [-0.2, 0) is 9.53 Å². The van der Waals surface area contributed by atoms with Crippen molar-refractivity contribution in [2.24, 2.45) is 0 Å². The van der Waals surface area contributed by atoms with Crippen molar-refractivity contribution in [3.05, 3.63) is 12.1 Å². The molecule has 0 bridgehead atoms. The molecule has 1 atom stereocenters. The van der Waals surface area contributed by atoms with E-state index >= 15 is 0 Å². The second kappa shape index (κ2) is 6.05. The first-order chi connectivity index (χ1) is 9.19. The number of tetrazole rings is 1. The summed E-state index contributed by atoms with van der Waals surface area (Å²) in [5.74, 6) is -0.348. The van der Waals surface area contributed by atoms with E-state index in [4.69, 9.17) is 9.84 Å². The van der Waals surface area contributed by atoms with Crippen molar-refractivity contribution in [2.75, 3.05) is 18.5 Å². The highest BCUT2D eigenvalue weighted by Gasteiger charge is 2.13. The number of aliphatic carboxylic acids is 1. The van der Waals surface area contributed by atoms with Gasteiger partial charge in [0.15, 0.2) is 5.65 Å². The first-order valence-electron chi connectivity index (χ1n) is 5.81. The fourth-order valence-electron chi connectivity index (χ4n) is 1.58. The Bertz CT molecular complexity index is 557. The van der Waals surface area contributed by atoms with Gasteiger partial charge in [0.25, 0.3) is 0 Å². The van der Waals surface area contributed by atoms with Gasteiger partial charge in [0, 0.05) is 13.2 Å². The van der Waals surface area contributed by atoms with E-state index in [0.29, 0.717) is 24.6 Å². The molecule has 0 radical (unpaired) electrons. The zero-order chi connectivity index (χ0) is 13.7. The molecule has 1 unspecified atom stereocenters. The molecule has 0 aliphatic rings. The van der Waals surface area contributed by atoms with Crippen LogP contribution in [0.4, 0.5) is 5.82 Å². The summed E-state index contributed by atoms with van der Waals surface area (Å²) in [7, 11) is 0. The maximum Gasteiger partial charge on any atom is 0.306 e. The van der Waals surface area contributed by atoms with Gasteiger partial charge < -0.3 is 15.2 Å². The van der Waals surface area contributed by atoms with E-state index in [2.05, 4.69) is 25.9 Å². The molecular formula is C10H14N6O3. The van der Waals surface area contributed by atoms with Crippen LogP contribution < -0.4 is 5.32 Å². The molecule has 2 rings (SSSR count). The number of anilines is 1. The summed E-state index contributed by atoms with van der Waals surface area (Å²) in [4.78, 5) is 10.7. The number of hydrogen-bond donors (Lipinski definition) is 2. The second-order valence-corrected chi connectivity index (χ2v) is 3.80. The third-order valence-corrected chi connectivity index (χ3v) is 2.39. The van der Waals surface area contributed by atoms with Gasteiger partial charge in [-0.05, 0) is 29.5 Å². The molecule has 0 fully saturated rings. The Morgan fingerprint density at radius 3 is 3.16 bits per heavy atom. The number of aromatic nitrogens is 5. The largest absolute Gasteiger partial charge is 0.481 e. The number of fused-ring (bicyclic) bond motifs is 1. The number of carboxylic acids is 1. The minimum absolute atomic E-state index is 0.0615. The number of carboxylic acid groups (broad SMARTS) is 1. The van der Waals surface area contributed by atoms with Crippen LogP contribution in [0.3, 0.4) is 0 Å². The second-order valence-electron chi connectivity index (χ2n) is 3.80. The summed E-state index contributed by atoms with van der Waals surface area (Å²) in [6, 6.07) is 3.43. The van der Waals surface area contributed by atoms with Gasteiger partial charge in [-0.1, -0.05) is 0 Å². The lowest BCUT2D eigenvalue weighted by atomic mass is 10.2. The Balaban J connectivity index is 1.96. The lowest BCUT2D eigenvalue weighted by molar-refractivity contribution is -0.139. The zero-order valence-corrected chi connectivity index (χ0v) is 10.4. The number of hydrogen-bond acceptors (Lipinski definition) is 7. The Hall–Kier alpha value is -2.29. The predicted molar refractivity (Wildman–Crippen MR) is 64.7 cm³/mol. The summed E-state index contributed by atoms with van der Waals surface area (Å²) in [5.41, 5.74) is 0.539. The van der Waals surface area contributed by atoms with Crippen molar-refractivity contribution >= 4 is 17.4 Å². The molecule has 0 saturated carbocycles. The number of carbonyl (C=O) groups is 1. The number of nitrogens with one attached hydrogen (secondary N) is 1. The molecule has 2 heterocycles. The first-order valence-corrected chi connectivity index (χ1v) is 5.81. The quantitative estimate of drug-likeness (QED) is 0.708. The molecule has 0 aliphatic heterocycles. The molecule has 0 aromatic carbocycles. The van der Waals surface area contributed by atoms with Crippen LogP contribution >= 0.6 is 0 Å². The Labute approximate surface area is 108 Å². The summed E-state index contributed by atoms with van der Waals surface area (Å²) in [6.45, 7) is 2.63. The van der Waals surface area contributed by atoms with Crippen molar-refractivity contribution in [1.29, 1.82) is 0 Å². The topological polar surface area (TPSA) is 115 Å². The molecule has 2 N–H and O–H groups in total.